The van der Waals surface area contributed by atoms with E-state index in [9.17, 15) is 4.79 Å². The lowest BCUT2D eigenvalue weighted by Gasteiger charge is -2.50. The van der Waals surface area contributed by atoms with Crippen LogP contribution in [-0.2, 0) is 4.79 Å². The summed E-state index contributed by atoms with van der Waals surface area (Å²) in [4.78, 5) is 17.1. The number of fused-ring (bicyclic) bond motifs is 1. The van der Waals surface area contributed by atoms with E-state index in [1.807, 2.05) is 25.5 Å². The van der Waals surface area contributed by atoms with Gasteiger partial charge in [0.1, 0.15) is 11.6 Å². The summed E-state index contributed by atoms with van der Waals surface area (Å²) >= 11 is 0. The number of carbonyl (C=O) groups is 1. The van der Waals surface area contributed by atoms with Crippen LogP contribution in [0.15, 0.2) is 30.3 Å². The van der Waals surface area contributed by atoms with E-state index in [1.54, 1.807) is 0 Å². The zero-order valence-electron chi connectivity index (χ0n) is 15.9. The Hall–Kier alpha value is -2.17. The third-order valence-corrected chi connectivity index (χ3v) is 6.25. The molecule has 0 spiro atoms. The van der Waals surface area contributed by atoms with Gasteiger partial charge in [-0.05, 0) is 51.0 Å². The van der Waals surface area contributed by atoms with Gasteiger partial charge >= 0.3 is 0 Å². The molecule has 5 atom stereocenters. The number of benzene rings is 1. The van der Waals surface area contributed by atoms with Crippen molar-refractivity contribution in [1.82, 2.24) is 20.1 Å². The molecule has 1 amide bonds. The van der Waals surface area contributed by atoms with Gasteiger partial charge in [0.05, 0.1) is 6.04 Å². The van der Waals surface area contributed by atoms with Crippen molar-refractivity contribution < 1.29 is 4.79 Å². The van der Waals surface area contributed by atoms with Gasteiger partial charge in [-0.25, -0.2) is 9.67 Å². The van der Waals surface area contributed by atoms with E-state index in [0.717, 1.165) is 17.6 Å². The van der Waals surface area contributed by atoms with E-state index in [2.05, 4.69) is 45.7 Å². The first kappa shape index (κ1) is 17.3. The molecule has 1 aromatic carbocycles. The Labute approximate surface area is 155 Å². The lowest BCUT2D eigenvalue weighted by molar-refractivity contribution is -0.124. The maximum atomic E-state index is 12.7. The highest BCUT2D eigenvalue weighted by atomic mass is 16.1. The number of amides is 1. The number of hydrogen-bond donors (Lipinski definition) is 1. The van der Waals surface area contributed by atoms with Gasteiger partial charge in [-0.15, -0.1) is 0 Å². The monoisotopic (exact) mass is 352 g/mol. The molecule has 0 saturated heterocycles. The van der Waals surface area contributed by atoms with Crippen LogP contribution in [0.1, 0.15) is 61.8 Å². The van der Waals surface area contributed by atoms with E-state index < -0.39 is 0 Å². The molecule has 0 bridgehead atoms. The molecule has 2 aliphatic carbocycles. The maximum absolute atomic E-state index is 12.7. The van der Waals surface area contributed by atoms with Crippen LogP contribution in [0.25, 0.3) is 0 Å². The summed E-state index contributed by atoms with van der Waals surface area (Å²) in [6.45, 7) is 5.86. The first-order valence-corrected chi connectivity index (χ1v) is 9.78. The molecule has 2 fully saturated rings. The predicted octanol–water partition coefficient (Wildman–Crippen LogP) is 3.54. The first-order valence-electron chi connectivity index (χ1n) is 9.78. The molecule has 5 heteroatoms. The fourth-order valence-corrected chi connectivity index (χ4v) is 5.18. The van der Waals surface area contributed by atoms with E-state index >= 15 is 0 Å². The van der Waals surface area contributed by atoms with Crippen LogP contribution in [0.5, 0.6) is 0 Å². The Morgan fingerprint density at radius 1 is 1.23 bits per heavy atom. The Kier molecular flexibility index (Phi) is 4.55. The topological polar surface area (TPSA) is 59.8 Å². The van der Waals surface area contributed by atoms with Crippen molar-refractivity contribution in [2.45, 2.75) is 64.5 Å². The van der Waals surface area contributed by atoms with Gasteiger partial charge in [0.25, 0.3) is 0 Å². The number of nitrogens with one attached hydrogen (secondary N) is 1. The van der Waals surface area contributed by atoms with E-state index in [1.165, 1.54) is 24.8 Å². The third kappa shape index (κ3) is 3.04. The predicted molar refractivity (Wildman–Crippen MR) is 101 cm³/mol. The van der Waals surface area contributed by atoms with Gasteiger partial charge < -0.3 is 5.32 Å². The van der Waals surface area contributed by atoms with Crippen molar-refractivity contribution in [1.29, 1.82) is 0 Å². The van der Waals surface area contributed by atoms with Crippen LogP contribution in [0, 0.1) is 25.7 Å². The molecule has 138 valence electrons. The molecule has 1 N–H and O–H groups in total. The largest absolute Gasteiger partial charge is 0.352 e. The van der Waals surface area contributed by atoms with Crippen molar-refractivity contribution in [3.05, 3.63) is 47.5 Å². The standard InChI is InChI=1S/C21H28N4O/c1-13(25-15(3)22-14(2)24-25)12-19(26)23-21-18-11-7-10-17(18)20(21)16-8-5-4-6-9-16/h4-6,8-9,13,17-18,20-21H,7,10-12H2,1-3H3,(H,23,26). The van der Waals surface area contributed by atoms with Crippen LogP contribution in [0.3, 0.4) is 0 Å². The number of hydrogen-bond acceptors (Lipinski definition) is 3. The number of rotatable bonds is 5. The molecule has 26 heavy (non-hydrogen) atoms. The summed E-state index contributed by atoms with van der Waals surface area (Å²) in [5.74, 6) is 3.60. The second-order valence-corrected chi connectivity index (χ2v) is 7.99. The molecule has 2 aliphatic rings. The molecule has 2 saturated carbocycles. The van der Waals surface area contributed by atoms with E-state index in [0.29, 0.717) is 18.3 Å². The van der Waals surface area contributed by atoms with Crippen LogP contribution < -0.4 is 5.32 Å². The fraction of sp³-hybridized carbons (Fsp3) is 0.571. The van der Waals surface area contributed by atoms with Gasteiger partial charge in [0.2, 0.25) is 5.91 Å². The number of nitrogens with zero attached hydrogens (tertiary/aromatic N) is 3. The molecule has 0 aliphatic heterocycles. The molecule has 2 aromatic rings. The van der Waals surface area contributed by atoms with Crippen LogP contribution in [-0.4, -0.2) is 26.7 Å². The molecule has 1 aromatic heterocycles. The summed E-state index contributed by atoms with van der Waals surface area (Å²) in [5, 5.41) is 7.78. The van der Waals surface area contributed by atoms with Gasteiger partial charge in [-0.2, -0.15) is 5.10 Å². The van der Waals surface area contributed by atoms with Crippen molar-refractivity contribution in [3.8, 4) is 0 Å². The van der Waals surface area contributed by atoms with Gasteiger partial charge in [-0.1, -0.05) is 36.8 Å². The molecule has 4 rings (SSSR count). The number of aryl methyl sites for hydroxylation is 2. The van der Waals surface area contributed by atoms with Crippen molar-refractivity contribution in [2.75, 3.05) is 0 Å². The third-order valence-electron chi connectivity index (χ3n) is 6.25. The molecule has 1 heterocycles. The van der Waals surface area contributed by atoms with Crippen LogP contribution in [0.2, 0.25) is 0 Å². The van der Waals surface area contributed by atoms with Crippen molar-refractivity contribution >= 4 is 5.91 Å². The maximum Gasteiger partial charge on any atom is 0.222 e. The number of carbonyl (C=O) groups excluding carboxylic acids is 1. The number of aromatic nitrogens is 3. The lowest BCUT2D eigenvalue weighted by Crippen LogP contribution is -2.56. The fourth-order valence-electron chi connectivity index (χ4n) is 5.18. The average Bonchev–Trinajstić information content (AvgIpc) is 3.17. The summed E-state index contributed by atoms with van der Waals surface area (Å²) in [6, 6.07) is 11.0. The minimum Gasteiger partial charge on any atom is -0.352 e. The Morgan fingerprint density at radius 2 is 1.96 bits per heavy atom. The summed E-state index contributed by atoms with van der Waals surface area (Å²) in [7, 11) is 0. The van der Waals surface area contributed by atoms with E-state index in [4.69, 9.17) is 0 Å². The summed E-state index contributed by atoms with van der Waals surface area (Å²) in [5.41, 5.74) is 1.37. The van der Waals surface area contributed by atoms with Crippen molar-refractivity contribution in [3.63, 3.8) is 0 Å². The highest BCUT2D eigenvalue weighted by molar-refractivity contribution is 5.77. The molecule has 5 unspecified atom stereocenters. The van der Waals surface area contributed by atoms with Crippen LogP contribution >= 0.6 is 0 Å². The summed E-state index contributed by atoms with van der Waals surface area (Å²) in [6.07, 6.45) is 4.28. The Balaban J connectivity index is 1.43. The zero-order chi connectivity index (χ0) is 18.3. The molecule has 0 radical (unpaired) electrons. The molecule has 5 nitrogen and oxygen atoms in total. The highest BCUT2D eigenvalue weighted by Gasteiger charge is 2.53. The highest BCUT2D eigenvalue weighted by Crippen LogP contribution is 2.55. The van der Waals surface area contributed by atoms with Crippen molar-refractivity contribution in [2.24, 2.45) is 11.8 Å². The SMILES string of the molecule is Cc1nc(C)n(C(C)CC(=O)NC2C3CCCC3C2c2ccccc2)n1. The summed E-state index contributed by atoms with van der Waals surface area (Å²) < 4.78 is 1.86. The Morgan fingerprint density at radius 3 is 2.65 bits per heavy atom. The Bertz CT molecular complexity index is 785. The first-order chi connectivity index (χ1) is 12.5. The van der Waals surface area contributed by atoms with Gasteiger partial charge in [-0.3, -0.25) is 4.79 Å². The second-order valence-electron chi connectivity index (χ2n) is 7.99. The molecular formula is C21H28N4O. The second kappa shape index (κ2) is 6.86. The molecular weight excluding hydrogens is 324 g/mol. The van der Waals surface area contributed by atoms with Gasteiger partial charge in [0.15, 0.2) is 0 Å². The van der Waals surface area contributed by atoms with Gasteiger partial charge in [0, 0.05) is 18.4 Å². The van der Waals surface area contributed by atoms with E-state index in [-0.39, 0.29) is 18.0 Å². The smallest absolute Gasteiger partial charge is 0.222 e. The lowest BCUT2D eigenvalue weighted by atomic mass is 9.60. The normalized spacial score (nSPS) is 28.3. The minimum absolute atomic E-state index is 0.0193. The van der Waals surface area contributed by atoms with Crippen LogP contribution in [0.4, 0.5) is 0 Å². The minimum atomic E-state index is 0.0193. The zero-order valence-corrected chi connectivity index (χ0v) is 15.9. The quantitative estimate of drug-likeness (QED) is 0.895. The average molecular weight is 352 g/mol.